The second-order valence-electron chi connectivity index (χ2n) is 11.2. The van der Waals surface area contributed by atoms with Gasteiger partial charge in [-0.3, -0.25) is 9.59 Å². The van der Waals surface area contributed by atoms with Crippen molar-refractivity contribution in [3.8, 4) is 28.4 Å². The Labute approximate surface area is 266 Å². The van der Waals surface area contributed by atoms with Crippen LogP contribution in [-0.2, 0) is 22.6 Å². The van der Waals surface area contributed by atoms with Crippen molar-refractivity contribution in [1.82, 2.24) is 10.2 Å². The summed E-state index contributed by atoms with van der Waals surface area (Å²) >= 11 is 0. The molecule has 1 fully saturated rings. The fourth-order valence-electron chi connectivity index (χ4n) is 5.53. The standard InChI is InChI=1S/C36H36F3N3O4/c37-36(38,39)46-31-11-7-10-30(23-31)45-29-19-15-25(16-20-29)22-32-35(44)42(33(34(43)41-32)12-5-2-6-21-40)24-26-13-17-28(18-14-26)27-8-3-1-4-9-27/h1,3-4,7-11,13-20,23,32-33H,2,5-6,12,21-22,24,40H2,(H,41,43). The van der Waals surface area contributed by atoms with Crippen LogP contribution in [0.1, 0.15) is 36.8 Å². The van der Waals surface area contributed by atoms with E-state index in [1.165, 1.54) is 18.2 Å². The number of unbranched alkanes of at least 4 members (excludes halogenated alkanes) is 2. The number of hydrogen-bond acceptors (Lipinski definition) is 5. The van der Waals surface area contributed by atoms with Crippen LogP contribution in [0.4, 0.5) is 13.2 Å². The number of nitrogens with two attached hydrogens (primary N) is 1. The first kappa shape index (κ1) is 32.6. The maximum Gasteiger partial charge on any atom is 0.573 e. The van der Waals surface area contributed by atoms with Gasteiger partial charge in [-0.2, -0.15) is 0 Å². The van der Waals surface area contributed by atoms with E-state index in [1.807, 2.05) is 54.6 Å². The lowest BCUT2D eigenvalue weighted by Gasteiger charge is -2.39. The number of hydrogen-bond donors (Lipinski definition) is 2. The SMILES string of the molecule is NCCCCCC1C(=O)NC(Cc2ccc(Oc3cccc(OC(F)(F)F)c3)cc2)C(=O)N1Cc1ccc(-c2ccccc2)cc1. The van der Waals surface area contributed by atoms with Crippen LogP contribution >= 0.6 is 0 Å². The third-order valence-electron chi connectivity index (χ3n) is 7.81. The molecule has 0 aliphatic carbocycles. The summed E-state index contributed by atoms with van der Waals surface area (Å²) in [5.41, 5.74) is 9.53. The lowest BCUT2D eigenvalue weighted by molar-refractivity contribution is -0.274. The molecule has 0 spiro atoms. The number of benzene rings is 4. The molecular weight excluding hydrogens is 595 g/mol. The molecular formula is C36H36F3N3O4. The summed E-state index contributed by atoms with van der Waals surface area (Å²) in [6, 6.07) is 28.8. The normalized spacial score (nSPS) is 16.7. The van der Waals surface area contributed by atoms with Gasteiger partial charge in [0.25, 0.3) is 0 Å². The Bertz CT molecular complexity index is 1600. The third-order valence-corrected chi connectivity index (χ3v) is 7.81. The number of rotatable bonds is 13. The predicted molar refractivity (Wildman–Crippen MR) is 169 cm³/mol. The van der Waals surface area contributed by atoms with Crippen molar-refractivity contribution >= 4 is 11.8 Å². The zero-order chi connectivity index (χ0) is 32.5. The highest BCUT2D eigenvalue weighted by atomic mass is 19.4. The van der Waals surface area contributed by atoms with Gasteiger partial charge < -0.3 is 25.4 Å². The first-order valence-electron chi connectivity index (χ1n) is 15.3. The van der Waals surface area contributed by atoms with Gasteiger partial charge in [0.1, 0.15) is 29.3 Å². The Balaban J connectivity index is 1.27. The van der Waals surface area contributed by atoms with Crippen LogP contribution in [0, 0.1) is 0 Å². The van der Waals surface area contributed by atoms with E-state index >= 15 is 0 Å². The summed E-state index contributed by atoms with van der Waals surface area (Å²) in [6.07, 6.45) is -1.47. The number of halogens is 3. The van der Waals surface area contributed by atoms with Gasteiger partial charge in [-0.25, -0.2) is 0 Å². The minimum atomic E-state index is -4.81. The number of nitrogens with one attached hydrogen (secondary N) is 1. The van der Waals surface area contributed by atoms with Crippen molar-refractivity contribution in [3.63, 3.8) is 0 Å². The highest BCUT2D eigenvalue weighted by molar-refractivity contribution is 5.97. The first-order chi connectivity index (χ1) is 22.2. The first-order valence-corrected chi connectivity index (χ1v) is 15.3. The van der Waals surface area contributed by atoms with Crippen LogP contribution in [0.5, 0.6) is 17.2 Å². The predicted octanol–water partition coefficient (Wildman–Crippen LogP) is 7.00. The fourth-order valence-corrected chi connectivity index (χ4v) is 5.53. The second-order valence-corrected chi connectivity index (χ2v) is 11.2. The summed E-state index contributed by atoms with van der Waals surface area (Å²) in [5, 5.41) is 2.94. The number of piperazine rings is 1. The van der Waals surface area contributed by atoms with E-state index in [2.05, 4.69) is 10.1 Å². The third kappa shape index (κ3) is 8.88. The van der Waals surface area contributed by atoms with Crippen molar-refractivity contribution in [2.24, 2.45) is 5.73 Å². The maximum absolute atomic E-state index is 13.9. The molecule has 2 atom stereocenters. The van der Waals surface area contributed by atoms with Gasteiger partial charge in [0.15, 0.2) is 0 Å². The zero-order valence-corrected chi connectivity index (χ0v) is 25.2. The highest BCUT2D eigenvalue weighted by Gasteiger charge is 2.40. The van der Waals surface area contributed by atoms with Crippen molar-refractivity contribution in [1.29, 1.82) is 0 Å². The Hall–Kier alpha value is -4.83. The Morgan fingerprint density at radius 2 is 1.41 bits per heavy atom. The summed E-state index contributed by atoms with van der Waals surface area (Å²) in [7, 11) is 0. The lowest BCUT2D eigenvalue weighted by Crippen LogP contribution is -2.63. The number of ether oxygens (including phenoxy) is 2. The molecule has 46 heavy (non-hydrogen) atoms. The van der Waals surface area contributed by atoms with Crippen molar-refractivity contribution < 1.29 is 32.2 Å². The number of nitrogens with zero attached hydrogens (tertiary/aromatic N) is 1. The molecule has 1 heterocycles. The fraction of sp³-hybridized carbons (Fsp3) is 0.278. The van der Waals surface area contributed by atoms with Crippen LogP contribution in [0.15, 0.2) is 103 Å². The molecule has 2 amide bonds. The van der Waals surface area contributed by atoms with E-state index in [4.69, 9.17) is 10.5 Å². The van der Waals surface area contributed by atoms with Crippen LogP contribution in [-0.4, -0.2) is 41.7 Å². The van der Waals surface area contributed by atoms with Gasteiger partial charge in [0.2, 0.25) is 11.8 Å². The molecule has 4 aromatic rings. The van der Waals surface area contributed by atoms with Gasteiger partial charge in [-0.05, 0) is 65.9 Å². The topological polar surface area (TPSA) is 93.9 Å². The van der Waals surface area contributed by atoms with Crippen molar-refractivity contribution in [2.45, 2.75) is 57.1 Å². The quantitative estimate of drug-likeness (QED) is 0.155. The van der Waals surface area contributed by atoms with E-state index in [0.717, 1.165) is 47.6 Å². The highest BCUT2D eigenvalue weighted by Crippen LogP contribution is 2.30. The number of carbonyl (C=O) groups is 2. The Morgan fingerprint density at radius 1 is 0.739 bits per heavy atom. The summed E-state index contributed by atoms with van der Waals surface area (Å²) < 4.78 is 47.4. The van der Waals surface area contributed by atoms with E-state index in [9.17, 15) is 22.8 Å². The second kappa shape index (κ2) is 15.0. The van der Waals surface area contributed by atoms with E-state index in [0.29, 0.717) is 25.3 Å². The molecule has 10 heteroatoms. The van der Waals surface area contributed by atoms with E-state index in [1.54, 1.807) is 29.2 Å². The molecule has 0 aromatic heterocycles. The molecule has 240 valence electrons. The largest absolute Gasteiger partial charge is 0.573 e. The van der Waals surface area contributed by atoms with Crippen LogP contribution in [0.2, 0.25) is 0 Å². The minimum Gasteiger partial charge on any atom is -0.457 e. The van der Waals surface area contributed by atoms with Crippen LogP contribution in [0.3, 0.4) is 0 Å². The van der Waals surface area contributed by atoms with Gasteiger partial charge in [0.05, 0.1) is 0 Å². The van der Waals surface area contributed by atoms with Crippen LogP contribution < -0.4 is 20.5 Å². The summed E-state index contributed by atoms with van der Waals surface area (Å²) in [5.74, 6) is -0.154. The Kier molecular flexibility index (Phi) is 10.6. The molecule has 1 saturated heterocycles. The molecule has 7 nitrogen and oxygen atoms in total. The van der Waals surface area contributed by atoms with Gasteiger partial charge in [-0.15, -0.1) is 13.2 Å². The Morgan fingerprint density at radius 3 is 2.11 bits per heavy atom. The number of carbonyl (C=O) groups excluding carboxylic acids is 2. The molecule has 5 rings (SSSR count). The van der Waals surface area contributed by atoms with Crippen LogP contribution in [0.25, 0.3) is 11.1 Å². The molecule has 0 saturated carbocycles. The maximum atomic E-state index is 13.9. The molecule has 2 unspecified atom stereocenters. The van der Waals surface area contributed by atoms with E-state index < -0.39 is 18.4 Å². The molecule has 4 aromatic carbocycles. The van der Waals surface area contributed by atoms with Gasteiger partial charge in [-0.1, -0.05) is 85.6 Å². The number of alkyl halides is 3. The summed E-state index contributed by atoms with van der Waals surface area (Å²) in [4.78, 5) is 29.0. The van der Waals surface area contributed by atoms with Gasteiger partial charge in [0, 0.05) is 19.0 Å². The molecule has 3 N–H and O–H groups in total. The molecule has 0 bridgehead atoms. The number of amides is 2. The molecule has 1 aliphatic heterocycles. The summed E-state index contributed by atoms with van der Waals surface area (Å²) in [6.45, 7) is 0.890. The average molecular weight is 632 g/mol. The molecule has 1 aliphatic rings. The van der Waals surface area contributed by atoms with Crippen molar-refractivity contribution in [3.05, 3.63) is 114 Å². The van der Waals surface area contributed by atoms with E-state index in [-0.39, 0.29) is 29.7 Å². The van der Waals surface area contributed by atoms with Gasteiger partial charge >= 0.3 is 6.36 Å². The smallest absolute Gasteiger partial charge is 0.457 e. The zero-order valence-electron chi connectivity index (χ0n) is 25.2. The molecule has 0 radical (unpaired) electrons. The average Bonchev–Trinajstić information content (AvgIpc) is 3.04. The minimum absolute atomic E-state index is 0.155. The van der Waals surface area contributed by atoms with Crippen molar-refractivity contribution in [2.75, 3.05) is 6.54 Å². The monoisotopic (exact) mass is 631 g/mol. The lowest BCUT2D eigenvalue weighted by atomic mass is 9.96.